The Bertz CT molecular complexity index is 1840. The van der Waals surface area contributed by atoms with Crippen LogP contribution < -0.4 is 16.9 Å². The Balaban J connectivity index is 0.000000240. The first-order chi connectivity index (χ1) is 20.8. The Labute approximate surface area is 260 Å². The van der Waals surface area contributed by atoms with Crippen LogP contribution >= 0.6 is 23.2 Å². The molecule has 4 aromatic rings. The van der Waals surface area contributed by atoms with E-state index in [-0.39, 0.29) is 47.1 Å². The highest BCUT2D eigenvalue weighted by atomic mass is 35.5. The normalized spacial score (nSPS) is 10.2. The zero-order valence-corrected chi connectivity index (χ0v) is 26.0. The summed E-state index contributed by atoms with van der Waals surface area (Å²) in [6.07, 6.45) is -0.290. The summed E-state index contributed by atoms with van der Waals surface area (Å²) in [5.74, 6) is -3.06. The van der Waals surface area contributed by atoms with Gasteiger partial charge in [0.15, 0.2) is 5.56 Å². The van der Waals surface area contributed by atoms with Crippen LogP contribution in [0.15, 0.2) is 55.2 Å². The molecule has 0 spiro atoms. The van der Waals surface area contributed by atoms with Crippen LogP contribution in [0.5, 0.6) is 5.75 Å². The summed E-state index contributed by atoms with van der Waals surface area (Å²) in [6.45, 7) is 5.68. The smallest absolute Gasteiger partial charge is 0.422 e. The van der Waals surface area contributed by atoms with Crippen molar-refractivity contribution in [3.63, 3.8) is 0 Å². The first-order valence-corrected chi connectivity index (χ1v) is 13.8. The highest BCUT2D eigenvalue weighted by Gasteiger charge is 2.23. The zero-order chi connectivity index (χ0) is 33.1. The zero-order valence-electron chi connectivity index (χ0n) is 24.5. The standard InChI is InChI=1S/C13H12ClNO4.C9H6ClNO3.C7H12O4/c1-3-19-13(18)10-11(16)9-7(14)5-4-6-8(9)15(2)12(10)17;1-11-6-4-2-3-5(10)7(6)8(12)14-9(11)13;1-3-10-6(8)5-7(9)11-4-2/h4-6,16H,3H2,1-2H3;2-4H,1H3;3-5H2,1-2H3. The number of fused-ring (bicyclic) bond motifs is 2. The average Bonchev–Trinajstić information content (AvgIpc) is 2.95. The number of aryl methyl sites for hydroxylation is 2. The number of esters is 3. The van der Waals surface area contributed by atoms with Crippen LogP contribution in [0.2, 0.25) is 10.0 Å². The molecule has 44 heavy (non-hydrogen) atoms. The Morgan fingerprint density at radius 3 is 1.75 bits per heavy atom. The van der Waals surface area contributed by atoms with Gasteiger partial charge in [-0.3, -0.25) is 19.0 Å². The molecular formula is C29H30Cl2N2O11. The second kappa shape index (κ2) is 16.3. The number of rotatable bonds is 6. The van der Waals surface area contributed by atoms with Gasteiger partial charge in [0.05, 0.1) is 46.3 Å². The van der Waals surface area contributed by atoms with E-state index in [0.29, 0.717) is 11.0 Å². The summed E-state index contributed by atoms with van der Waals surface area (Å²) < 4.78 is 20.8. The predicted molar refractivity (Wildman–Crippen MR) is 162 cm³/mol. The number of carbonyl (C=O) groups is 3. The number of aromatic hydroxyl groups is 1. The number of halogens is 2. The maximum Gasteiger partial charge on any atom is 0.422 e. The quantitative estimate of drug-likeness (QED) is 0.183. The van der Waals surface area contributed by atoms with E-state index in [9.17, 15) is 33.9 Å². The Morgan fingerprint density at radius 2 is 1.25 bits per heavy atom. The van der Waals surface area contributed by atoms with Gasteiger partial charge >= 0.3 is 29.3 Å². The molecule has 15 heteroatoms. The third-order valence-corrected chi connectivity index (χ3v) is 6.36. The van der Waals surface area contributed by atoms with Crippen molar-refractivity contribution in [2.45, 2.75) is 27.2 Å². The molecule has 0 aliphatic heterocycles. The van der Waals surface area contributed by atoms with Crippen molar-refractivity contribution in [3.05, 3.63) is 83.3 Å². The highest BCUT2D eigenvalue weighted by Crippen LogP contribution is 2.32. The maximum atomic E-state index is 12.1. The number of ether oxygens (including phenoxy) is 3. The SMILES string of the molecule is CCOC(=O)CC(=O)OCC.CCOC(=O)c1c(O)c2c(Cl)cccc2n(C)c1=O.Cn1c(=O)oc(=O)c2c(Cl)cccc21. The maximum absolute atomic E-state index is 12.1. The number of benzene rings is 2. The summed E-state index contributed by atoms with van der Waals surface area (Å²) >= 11 is 11.8. The topological polar surface area (TPSA) is 173 Å². The molecule has 2 aromatic carbocycles. The van der Waals surface area contributed by atoms with E-state index in [4.69, 9.17) is 27.9 Å². The van der Waals surface area contributed by atoms with Crippen LogP contribution in [0.1, 0.15) is 37.6 Å². The highest BCUT2D eigenvalue weighted by molar-refractivity contribution is 6.36. The molecule has 0 amide bonds. The van der Waals surface area contributed by atoms with Crippen molar-refractivity contribution in [2.24, 2.45) is 14.1 Å². The lowest BCUT2D eigenvalue weighted by molar-refractivity contribution is -0.153. The lowest BCUT2D eigenvalue weighted by Crippen LogP contribution is -2.26. The van der Waals surface area contributed by atoms with E-state index in [2.05, 4.69) is 13.9 Å². The van der Waals surface area contributed by atoms with Crippen LogP contribution in [0.4, 0.5) is 0 Å². The fraction of sp³-hybridized carbons (Fsp3) is 0.310. The van der Waals surface area contributed by atoms with Crippen molar-refractivity contribution >= 4 is 62.9 Å². The summed E-state index contributed by atoms with van der Waals surface area (Å²) in [4.78, 5) is 67.5. The number of pyridine rings is 1. The van der Waals surface area contributed by atoms with E-state index in [0.717, 1.165) is 0 Å². The molecule has 0 atom stereocenters. The number of nitrogens with zero attached hydrogens (tertiary/aromatic N) is 2. The van der Waals surface area contributed by atoms with Crippen molar-refractivity contribution in [1.82, 2.24) is 9.13 Å². The van der Waals surface area contributed by atoms with Gasteiger partial charge in [-0.15, -0.1) is 0 Å². The van der Waals surface area contributed by atoms with E-state index in [1.807, 2.05) is 0 Å². The van der Waals surface area contributed by atoms with Gasteiger partial charge < -0.3 is 28.3 Å². The van der Waals surface area contributed by atoms with E-state index < -0.39 is 46.2 Å². The Morgan fingerprint density at radius 1 is 0.773 bits per heavy atom. The monoisotopic (exact) mass is 652 g/mol. The molecule has 236 valence electrons. The molecular weight excluding hydrogens is 623 g/mol. The van der Waals surface area contributed by atoms with Crippen LogP contribution in [0, 0.1) is 0 Å². The molecule has 4 rings (SSSR count). The molecule has 0 bridgehead atoms. The first kappa shape index (κ1) is 35.6. The second-order valence-corrected chi connectivity index (χ2v) is 9.39. The van der Waals surface area contributed by atoms with Gasteiger partial charge in [0.2, 0.25) is 0 Å². The number of carbonyl (C=O) groups excluding carboxylic acids is 3. The van der Waals surface area contributed by atoms with Crippen LogP contribution in [0.3, 0.4) is 0 Å². The van der Waals surface area contributed by atoms with Crippen molar-refractivity contribution in [2.75, 3.05) is 19.8 Å². The molecule has 0 fully saturated rings. The Kier molecular flexibility index (Phi) is 13.2. The summed E-state index contributed by atoms with van der Waals surface area (Å²) in [5, 5.41) is 11.2. The molecule has 0 saturated carbocycles. The summed E-state index contributed by atoms with van der Waals surface area (Å²) in [5.41, 5.74) is -0.800. The van der Waals surface area contributed by atoms with E-state index >= 15 is 0 Å². The third kappa shape index (κ3) is 8.48. The average molecular weight is 653 g/mol. The van der Waals surface area contributed by atoms with Gasteiger partial charge in [0.25, 0.3) is 5.56 Å². The third-order valence-electron chi connectivity index (χ3n) is 5.73. The molecule has 0 unspecified atom stereocenters. The van der Waals surface area contributed by atoms with Crippen LogP contribution in [-0.4, -0.2) is 52.0 Å². The fourth-order valence-corrected chi connectivity index (χ4v) is 4.26. The van der Waals surface area contributed by atoms with Crippen molar-refractivity contribution < 1.29 is 38.1 Å². The number of aromatic nitrogens is 2. The number of hydrogen-bond acceptors (Lipinski definition) is 11. The van der Waals surface area contributed by atoms with Gasteiger partial charge in [-0.25, -0.2) is 14.4 Å². The Hall–Kier alpha value is -4.62. The molecule has 2 aromatic heterocycles. The number of hydrogen-bond donors (Lipinski definition) is 1. The summed E-state index contributed by atoms with van der Waals surface area (Å²) in [7, 11) is 3.02. The van der Waals surface area contributed by atoms with E-state index in [1.165, 1.54) is 23.2 Å². The van der Waals surface area contributed by atoms with Crippen LogP contribution in [0.25, 0.3) is 21.8 Å². The minimum Gasteiger partial charge on any atom is -0.506 e. The van der Waals surface area contributed by atoms with Gasteiger partial charge in [-0.05, 0) is 45.0 Å². The predicted octanol–water partition coefficient (Wildman–Crippen LogP) is 3.72. The lowest BCUT2D eigenvalue weighted by Gasteiger charge is -2.11. The molecule has 0 radical (unpaired) electrons. The van der Waals surface area contributed by atoms with Crippen LogP contribution in [-0.2, 0) is 37.9 Å². The van der Waals surface area contributed by atoms with Crippen molar-refractivity contribution in [3.8, 4) is 5.75 Å². The summed E-state index contributed by atoms with van der Waals surface area (Å²) in [6, 6.07) is 9.75. The molecule has 2 heterocycles. The molecule has 0 aliphatic rings. The minimum atomic E-state index is -0.859. The van der Waals surface area contributed by atoms with Crippen molar-refractivity contribution in [1.29, 1.82) is 0 Å². The second-order valence-electron chi connectivity index (χ2n) is 8.58. The molecule has 13 nitrogen and oxygen atoms in total. The van der Waals surface area contributed by atoms with Gasteiger partial charge in [-0.1, -0.05) is 35.3 Å². The van der Waals surface area contributed by atoms with Gasteiger partial charge in [-0.2, -0.15) is 0 Å². The first-order valence-electron chi connectivity index (χ1n) is 13.1. The molecule has 1 N–H and O–H groups in total. The van der Waals surface area contributed by atoms with Gasteiger partial charge in [0, 0.05) is 14.1 Å². The van der Waals surface area contributed by atoms with Gasteiger partial charge in [0.1, 0.15) is 17.6 Å². The minimum absolute atomic E-state index is 0.113. The fourth-order valence-electron chi connectivity index (χ4n) is 3.75. The molecule has 0 saturated heterocycles. The largest absolute Gasteiger partial charge is 0.506 e. The van der Waals surface area contributed by atoms with E-state index in [1.54, 1.807) is 57.2 Å². The molecule has 0 aliphatic carbocycles. The lowest BCUT2D eigenvalue weighted by atomic mass is 10.1.